The van der Waals surface area contributed by atoms with Crippen molar-refractivity contribution in [2.45, 2.75) is 32.1 Å². The molecular formula is C22H23FN2O4. The maximum Gasteiger partial charge on any atom is 0.310 e. The third kappa shape index (κ3) is 6.41. The van der Waals surface area contributed by atoms with Crippen LogP contribution < -0.4 is 10.6 Å². The van der Waals surface area contributed by atoms with Gasteiger partial charge in [-0.15, -0.1) is 0 Å². The first-order valence-electron chi connectivity index (χ1n) is 9.58. The summed E-state index contributed by atoms with van der Waals surface area (Å²) in [6.07, 6.45) is 4.57. The number of benzene rings is 2. The number of hydrogen-bond acceptors (Lipinski definition) is 4. The van der Waals surface area contributed by atoms with Gasteiger partial charge in [0.2, 0.25) is 5.91 Å². The number of carbonyl (C=O) groups is 3. The fourth-order valence-corrected chi connectivity index (χ4v) is 3.23. The van der Waals surface area contributed by atoms with Crippen LogP contribution in [0.15, 0.2) is 42.5 Å². The van der Waals surface area contributed by atoms with Gasteiger partial charge in [0.25, 0.3) is 5.91 Å². The van der Waals surface area contributed by atoms with Crippen molar-refractivity contribution in [2.24, 2.45) is 0 Å². The van der Waals surface area contributed by atoms with Crippen LogP contribution in [-0.4, -0.2) is 30.9 Å². The highest BCUT2D eigenvalue weighted by Gasteiger charge is 2.13. The predicted octanol–water partition coefficient (Wildman–Crippen LogP) is 2.55. The van der Waals surface area contributed by atoms with Crippen molar-refractivity contribution < 1.29 is 23.5 Å². The van der Waals surface area contributed by atoms with Crippen LogP contribution in [0.4, 0.5) is 10.1 Å². The van der Waals surface area contributed by atoms with E-state index in [2.05, 4.69) is 16.7 Å². The second kappa shape index (κ2) is 9.82. The molecule has 152 valence electrons. The zero-order valence-corrected chi connectivity index (χ0v) is 16.0. The zero-order valence-electron chi connectivity index (χ0n) is 16.0. The Morgan fingerprint density at radius 1 is 0.931 bits per heavy atom. The summed E-state index contributed by atoms with van der Waals surface area (Å²) in [6.45, 7) is -0.730. The van der Waals surface area contributed by atoms with E-state index in [0.29, 0.717) is 5.69 Å². The first-order valence-corrected chi connectivity index (χ1v) is 9.58. The Kier molecular flexibility index (Phi) is 6.94. The number of halogens is 1. The van der Waals surface area contributed by atoms with E-state index in [9.17, 15) is 18.8 Å². The third-order valence-corrected chi connectivity index (χ3v) is 4.70. The molecule has 2 N–H and O–H groups in total. The Hall–Kier alpha value is -3.22. The second-order valence-electron chi connectivity index (χ2n) is 6.98. The van der Waals surface area contributed by atoms with Crippen molar-refractivity contribution in [3.63, 3.8) is 0 Å². The molecule has 6 nitrogen and oxygen atoms in total. The molecule has 0 heterocycles. The lowest BCUT2D eigenvalue weighted by atomic mass is 9.90. The van der Waals surface area contributed by atoms with Crippen LogP contribution in [0.1, 0.15) is 29.5 Å². The average Bonchev–Trinajstić information content (AvgIpc) is 2.72. The Morgan fingerprint density at radius 2 is 1.66 bits per heavy atom. The highest BCUT2D eigenvalue weighted by atomic mass is 19.1. The van der Waals surface area contributed by atoms with E-state index in [4.69, 9.17) is 4.74 Å². The van der Waals surface area contributed by atoms with Gasteiger partial charge in [0, 0.05) is 5.69 Å². The van der Waals surface area contributed by atoms with Crippen LogP contribution in [0.5, 0.6) is 0 Å². The monoisotopic (exact) mass is 398 g/mol. The minimum absolute atomic E-state index is 0.103. The summed E-state index contributed by atoms with van der Waals surface area (Å²) in [4.78, 5) is 35.5. The average molecular weight is 398 g/mol. The summed E-state index contributed by atoms with van der Waals surface area (Å²) in [5.41, 5.74) is 3.91. The molecule has 0 fully saturated rings. The van der Waals surface area contributed by atoms with Gasteiger partial charge in [-0.25, -0.2) is 4.39 Å². The van der Waals surface area contributed by atoms with Crippen molar-refractivity contribution in [2.75, 3.05) is 18.5 Å². The number of nitrogens with one attached hydrogen (secondary N) is 2. The molecule has 0 atom stereocenters. The van der Waals surface area contributed by atoms with Crippen LogP contribution in [-0.2, 0) is 38.4 Å². The van der Waals surface area contributed by atoms with E-state index in [0.717, 1.165) is 24.8 Å². The summed E-state index contributed by atoms with van der Waals surface area (Å²) >= 11 is 0. The molecule has 2 aromatic carbocycles. The quantitative estimate of drug-likeness (QED) is 0.702. The highest BCUT2D eigenvalue weighted by molar-refractivity contribution is 5.94. The van der Waals surface area contributed by atoms with Crippen LogP contribution in [0, 0.1) is 5.82 Å². The molecule has 0 aromatic heterocycles. The van der Waals surface area contributed by atoms with Gasteiger partial charge in [-0.05, 0) is 66.6 Å². The molecule has 0 spiro atoms. The third-order valence-electron chi connectivity index (χ3n) is 4.70. The minimum Gasteiger partial charge on any atom is -0.455 e. The Bertz CT molecular complexity index is 896. The molecule has 0 radical (unpaired) electrons. The van der Waals surface area contributed by atoms with E-state index >= 15 is 0 Å². The number of hydrogen-bond donors (Lipinski definition) is 2. The van der Waals surface area contributed by atoms with Crippen LogP contribution in [0.2, 0.25) is 0 Å². The SMILES string of the molecule is O=C(COC(=O)Cc1ccc2c(c1)CCCC2)NCC(=O)Nc1ccc(F)cc1. The summed E-state index contributed by atoms with van der Waals surface area (Å²) in [6, 6.07) is 11.3. The standard InChI is InChI=1S/C22H23FN2O4/c23-18-7-9-19(10-8-18)25-20(26)13-24-21(27)14-29-22(28)12-15-5-6-16-3-1-2-4-17(16)11-15/h5-11H,1-4,12-14H2,(H,24,27)(H,25,26). The largest absolute Gasteiger partial charge is 0.455 e. The molecule has 7 heteroatoms. The van der Waals surface area contributed by atoms with Crippen molar-refractivity contribution in [1.29, 1.82) is 0 Å². The van der Waals surface area contributed by atoms with Crippen molar-refractivity contribution in [3.8, 4) is 0 Å². The normalized spacial score (nSPS) is 12.6. The van der Waals surface area contributed by atoms with Gasteiger partial charge in [0.15, 0.2) is 6.61 Å². The number of anilines is 1. The topological polar surface area (TPSA) is 84.5 Å². The summed E-state index contributed by atoms with van der Waals surface area (Å²) in [5.74, 6) is -1.94. The lowest BCUT2D eigenvalue weighted by Gasteiger charge is -2.16. The van der Waals surface area contributed by atoms with E-state index in [1.54, 1.807) is 0 Å². The predicted molar refractivity (Wildman–Crippen MR) is 106 cm³/mol. The molecule has 1 aliphatic carbocycles. The Morgan fingerprint density at radius 3 is 2.41 bits per heavy atom. The molecular weight excluding hydrogens is 375 g/mol. The number of carbonyl (C=O) groups excluding carboxylic acids is 3. The van der Waals surface area contributed by atoms with Gasteiger partial charge in [-0.2, -0.15) is 0 Å². The van der Waals surface area contributed by atoms with Gasteiger partial charge >= 0.3 is 5.97 Å². The van der Waals surface area contributed by atoms with E-state index in [1.165, 1.54) is 41.8 Å². The summed E-state index contributed by atoms with van der Waals surface area (Å²) in [5, 5.41) is 4.89. The second-order valence-corrected chi connectivity index (χ2v) is 6.98. The van der Waals surface area contributed by atoms with Crippen molar-refractivity contribution in [1.82, 2.24) is 5.32 Å². The number of esters is 1. The first-order chi connectivity index (χ1) is 14.0. The molecule has 2 amide bonds. The summed E-state index contributed by atoms with van der Waals surface area (Å²) in [7, 11) is 0. The highest BCUT2D eigenvalue weighted by Crippen LogP contribution is 2.22. The molecule has 3 rings (SSSR count). The minimum atomic E-state index is -0.571. The summed E-state index contributed by atoms with van der Waals surface area (Å²) < 4.78 is 17.8. The van der Waals surface area contributed by atoms with Gasteiger partial charge < -0.3 is 15.4 Å². The molecule has 0 bridgehead atoms. The fraction of sp³-hybridized carbons (Fsp3) is 0.318. The molecule has 29 heavy (non-hydrogen) atoms. The lowest BCUT2D eigenvalue weighted by molar-refractivity contribution is -0.147. The molecule has 0 unspecified atom stereocenters. The maximum atomic E-state index is 12.8. The number of fused-ring (bicyclic) bond motifs is 1. The van der Waals surface area contributed by atoms with Gasteiger partial charge in [0.1, 0.15) is 5.82 Å². The number of aryl methyl sites for hydroxylation is 2. The maximum absolute atomic E-state index is 12.8. The Labute approximate surface area is 168 Å². The van der Waals surface area contributed by atoms with Gasteiger partial charge in [-0.3, -0.25) is 14.4 Å². The number of amides is 2. The Balaban J connectivity index is 1.37. The van der Waals surface area contributed by atoms with Gasteiger partial charge in [0.05, 0.1) is 13.0 Å². The van der Waals surface area contributed by atoms with E-state index in [1.807, 2.05) is 12.1 Å². The molecule has 0 saturated heterocycles. The van der Waals surface area contributed by atoms with Gasteiger partial charge in [-0.1, -0.05) is 18.2 Å². The van der Waals surface area contributed by atoms with Crippen LogP contribution >= 0.6 is 0 Å². The molecule has 0 saturated carbocycles. The van der Waals surface area contributed by atoms with Crippen molar-refractivity contribution >= 4 is 23.5 Å². The van der Waals surface area contributed by atoms with Crippen LogP contribution in [0.25, 0.3) is 0 Å². The smallest absolute Gasteiger partial charge is 0.310 e. The van der Waals surface area contributed by atoms with Crippen molar-refractivity contribution in [3.05, 3.63) is 65.0 Å². The number of rotatable bonds is 7. The molecule has 2 aromatic rings. The molecule has 1 aliphatic rings. The first kappa shape index (κ1) is 20.5. The fourth-order valence-electron chi connectivity index (χ4n) is 3.23. The van der Waals surface area contributed by atoms with E-state index in [-0.39, 0.29) is 13.0 Å². The lowest BCUT2D eigenvalue weighted by Crippen LogP contribution is -2.35. The number of ether oxygens (including phenoxy) is 1. The zero-order chi connectivity index (χ0) is 20.6. The van der Waals surface area contributed by atoms with E-state index < -0.39 is 30.2 Å². The molecule has 0 aliphatic heterocycles. The van der Waals surface area contributed by atoms with Crippen LogP contribution in [0.3, 0.4) is 0 Å².